The number of esters is 1. The van der Waals surface area contributed by atoms with Crippen LogP contribution in [0.15, 0.2) is 36.7 Å². The summed E-state index contributed by atoms with van der Waals surface area (Å²) in [6.07, 6.45) is 6.17. The molecule has 3 rings (SSSR count). The van der Waals surface area contributed by atoms with Gasteiger partial charge < -0.3 is 14.4 Å². The molecule has 24 heavy (non-hydrogen) atoms. The van der Waals surface area contributed by atoms with Crippen molar-refractivity contribution in [3.8, 4) is 11.3 Å². The Kier molecular flexibility index (Phi) is 5.30. The molecule has 1 fully saturated rings. The van der Waals surface area contributed by atoms with Gasteiger partial charge in [0.1, 0.15) is 0 Å². The Bertz CT molecular complexity index is 681. The molecule has 2 aromatic rings. The first-order valence-electron chi connectivity index (χ1n) is 8.69. The number of carbonyl (C=O) groups excluding carboxylic acids is 1. The maximum absolute atomic E-state index is 12.3. The van der Waals surface area contributed by atoms with Crippen molar-refractivity contribution in [2.45, 2.75) is 51.2 Å². The van der Waals surface area contributed by atoms with Crippen molar-refractivity contribution in [2.24, 2.45) is 0 Å². The minimum absolute atomic E-state index is 0.0571. The van der Waals surface area contributed by atoms with E-state index in [0.717, 1.165) is 43.4 Å². The summed E-state index contributed by atoms with van der Waals surface area (Å²) in [6, 6.07) is 9.67. The minimum Gasteiger partial charge on any atom is -0.461 e. The fourth-order valence-corrected chi connectivity index (χ4v) is 3.44. The van der Waals surface area contributed by atoms with Crippen LogP contribution < -0.4 is 0 Å². The second kappa shape index (κ2) is 7.62. The van der Waals surface area contributed by atoms with Crippen LogP contribution in [0, 0.1) is 0 Å². The van der Waals surface area contributed by atoms with E-state index in [0.29, 0.717) is 12.3 Å². The van der Waals surface area contributed by atoms with Crippen molar-refractivity contribution in [3.05, 3.63) is 42.4 Å². The maximum Gasteiger partial charge on any atom is 0.359 e. The van der Waals surface area contributed by atoms with E-state index in [9.17, 15) is 9.90 Å². The molecule has 0 aliphatic heterocycles. The van der Waals surface area contributed by atoms with E-state index in [1.165, 1.54) is 0 Å². The van der Waals surface area contributed by atoms with Crippen LogP contribution in [0.2, 0.25) is 0 Å². The van der Waals surface area contributed by atoms with E-state index < -0.39 is 12.1 Å². The first kappa shape index (κ1) is 16.7. The summed E-state index contributed by atoms with van der Waals surface area (Å²) < 4.78 is 7.13. The first-order chi connectivity index (χ1) is 11.7. The summed E-state index contributed by atoms with van der Waals surface area (Å²) in [4.78, 5) is 16.7. The van der Waals surface area contributed by atoms with Crippen LogP contribution in [-0.4, -0.2) is 33.3 Å². The molecule has 128 valence electrons. The summed E-state index contributed by atoms with van der Waals surface area (Å²) in [7, 11) is 0. The van der Waals surface area contributed by atoms with Gasteiger partial charge in [-0.15, -0.1) is 0 Å². The molecule has 0 unspecified atom stereocenters. The summed E-state index contributed by atoms with van der Waals surface area (Å²) in [5.41, 5.74) is 1.97. The van der Waals surface area contributed by atoms with Crippen molar-refractivity contribution in [3.63, 3.8) is 0 Å². The van der Waals surface area contributed by atoms with Gasteiger partial charge in [0, 0.05) is 5.56 Å². The lowest BCUT2D eigenvalue weighted by Crippen LogP contribution is -2.23. The fraction of sp³-hybridized carbons (Fsp3) is 0.474. The van der Waals surface area contributed by atoms with E-state index in [4.69, 9.17) is 4.74 Å². The summed E-state index contributed by atoms with van der Waals surface area (Å²) in [5.74, 6) is -0.418. The van der Waals surface area contributed by atoms with Crippen LogP contribution in [0.5, 0.6) is 0 Å². The molecular formula is C19H24N2O3. The van der Waals surface area contributed by atoms with Gasteiger partial charge in [0.05, 0.1) is 30.8 Å². The predicted octanol–water partition coefficient (Wildman–Crippen LogP) is 3.59. The van der Waals surface area contributed by atoms with Gasteiger partial charge in [0.25, 0.3) is 0 Å². The number of aliphatic hydroxyl groups excluding tert-OH is 1. The van der Waals surface area contributed by atoms with Gasteiger partial charge in [-0.3, -0.25) is 0 Å². The zero-order valence-corrected chi connectivity index (χ0v) is 14.0. The number of imidazole rings is 1. The zero-order valence-electron chi connectivity index (χ0n) is 14.0. The molecule has 0 amide bonds. The average Bonchev–Trinajstić information content (AvgIpc) is 2.92. The third-order valence-electron chi connectivity index (χ3n) is 4.61. The van der Waals surface area contributed by atoms with Crippen molar-refractivity contribution in [1.29, 1.82) is 0 Å². The predicted molar refractivity (Wildman–Crippen MR) is 91.7 cm³/mol. The van der Waals surface area contributed by atoms with Crippen molar-refractivity contribution in [1.82, 2.24) is 9.55 Å². The van der Waals surface area contributed by atoms with Gasteiger partial charge in [0.2, 0.25) is 0 Å². The molecule has 0 radical (unpaired) electrons. The van der Waals surface area contributed by atoms with Crippen molar-refractivity contribution < 1.29 is 14.6 Å². The Morgan fingerprint density at radius 2 is 2.00 bits per heavy atom. The van der Waals surface area contributed by atoms with Gasteiger partial charge >= 0.3 is 5.97 Å². The van der Waals surface area contributed by atoms with E-state index >= 15 is 0 Å². The number of aliphatic hydroxyl groups is 1. The molecule has 2 atom stereocenters. The highest BCUT2D eigenvalue weighted by molar-refractivity contribution is 5.94. The van der Waals surface area contributed by atoms with Gasteiger partial charge in [-0.1, -0.05) is 49.6 Å². The molecule has 0 bridgehead atoms. The monoisotopic (exact) mass is 328 g/mol. The minimum atomic E-state index is -0.418. The van der Waals surface area contributed by atoms with E-state index in [2.05, 4.69) is 4.98 Å². The average molecular weight is 328 g/mol. The number of rotatable bonds is 4. The third-order valence-corrected chi connectivity index (χ3v) is 4.61. The highest BCUT2D eigenvalue weighted by atomic mass is 16.5. The molecule has 1 aromatic carbocycles. The SMILES string of the molecule is CCOC(=O)c1ncn([C@H]2CCCCC[C@@H]2O)c1-c1ccccc1. The highest BCUT2D eigenvalue weighted by Gasteiger charge is 2.29. The largest absolute Gasteiger partial charge is 0.461 e. The molecule has 1 saturated carbocycles. The number of hydrogen-bond acceptors (Lipinski definition) is 4. The number of carbonyl (C=O) groups is 1. The molecule has 0 spiro atoms. The van der Waals surface area contributed by atoms with Gasteiger partial charge in [-0.25, -0.2) is 9.78 Å². The van der Waals surface area contributed by atoms with Gasteiger partial charge in [-0.2, -0.15) is 0 Å². The molecule has 1 N–H and O–H groups in total. The Labute approximate surface area is 142 Å². The summed E-state index contributed by atoms with van der Waals surface area (Å²) in [5, 5.41) is 10.6. The number of ether oxygens (including phenoxy) is 1. The number of aromatic nitrogens is 2. The van der Waals surface area contributed by atoms with Crippen LogP contribution >= 0.6 is 0 Å². The molecule has 1 aliphatic rings. The Hall–Kier alpha value is -2.14. The smallest absolute Gasteiger partial charge is 0.359 e. The van der Waals surface area contributed by atoms with Crippen LogP contribution in [0.25, 0.3) is 11.3 Å². The molecule has 5 heteroatoms. The molecule has 1 aliphatic carbocycles. The number of nitrogens with zero attached hydrogens (tertiary/aromatic N) is 2. The quantitative estimate of drug-likeness (QED) is 0.688. The Morgan fingerprint density at radius 3 is 2.75 bits per heavy atom. The lowest BCUT2D eigenvalue weighted by atomic mass is 10.0. The van der Waals surface area contributed by atoms with Gasteiger partial charge in [0.15, 0.2) is 5.69 Å². The van der Waals surface area contributed by atoms with Crippen LogP contribution in [0.3, 0.4) is 0 Å². The van der Waals surface area contributed by atoms with Crippen molar-refractivity contribution in [2.75, 3.05) is 6.61 Å². The number of hydrogen-bond donors (Lipinski definition) is 1. The van der Waals surface area contributed by atoms with Crippen LogP contribution in [0.1, 0.15) is 55.6 Å². The van der Waals surface area contributed by atoms with E-state index in [-0.39, 0.29) is 6.04 Å². The van der Waals surface area contributed by atoms with E-state index in [1.54, 1.807) is 13.3 Å². The molecular weight excluding hydrogens is 304 g/mol. The maximum atomic E-state index is 12.3. The molecule has 1 aromatic heterocycles. The summed E-state index contributed by atoms with van der Waals surface area (Å²) >= 11 is 0. The second-order valence-electron chi connectivity index (χ2n) is 6.21. The van der Waals surface area contributed by atoms with Crippen molar-refractivity contribution >= 4 is 5.97 Å². The van der Waals surface area contributed by atoms with Gasteiger partial charge in [-0.05, 0) is 19.8 Å². The fourth-order valence-electron chi connectivity index (χ4n) is 3.44. The molecule has 5 nitrogen and oxygen atoms in total. The third kappa shape index (κ3) is 3.36. The van der Waals surface area contributed by atoms with E-state index in [1.807, 2.05) is 34.9 Å². The van der Waals surface area contributed by atoms with Crippen LogP contribution in [0.4, 0.5) is 0 Å². The number of benzene rings is 1. The topological polar surface area (TPSA) is 64.3 Å². The summed E-state index contributed by atoms with van der Waals surface area (Å²) in [6.45, 7) is 2.10. The molecule has 0 saturated heterocycles. The Morgan fingerprint density at radius 1 is 1.25 bits per heavy atom. The zero-order chi connectivity index (χ0) is 16.9. The standard InChI is InChI=1S/C19H24N2O3/c1-2-24-19(23)17-18(14-9-5-3-6-10-14)21(13-20-17)15-11-7-4-8-12-16(15)22/h3,5-6,9-10,13,15-16,22H,2,4,7-8,11-12H2,1H3/t15-,16-/m0/s1. The Balaban J connectivity index is 2.07. The first-order valence-corrected chi connectivity index (χ1v) is 8.69. The normalized spacial score (nSPS) is 21.2. The lowest BCUT2D eigenvalue weighted by molar-refractivity contribution is 0.0520. The highest BCUT2D eigenvalue weighted by Crippen LogP contribution is 2.33. The second-order valence-corrected chi connectivity index (χ2v) is 6.21. The lowest BCUT2D eigenvalue weighted by Gasteiger charge is -2.24. The molecule has 1 heterocycles. The van der Waals surface area contributed by atoms with Crippen LogP contribution in [-0.2, 0) is 4.74 Å².